The molecule has 112 valence electrons. The maximum atomic E-state index is 5.86. The van der Waals surface area contributed by atoms with Crippen LogP contribution in [0.2, 0.25) is 0 Å². The van der Waals surface area contributed by atoms with E-state index in [9.17, 15) is 0 Å². The smallest absolute Gasteiger partial charge is 0.133 e. The average molecular weight is 285 g/mol. The van der Waals surface area contributed by atoms with Gasteiger partial charge in [-0.05, 0) is 30.0 Å². The highest BCUT2D eigenvalue weighted by Gasteiger charge is 2.13. The van der Waals surface area contributed by atoms with Gasteiger partial charge in [-0.25, -0.2) is 0 Å². The second kappa shape index (κ2) is 6.08. The van der Waals surface area contributed by atoms with E-state index in [0.29, 0.717) is 18.0 Å². The molecule has 0 spiro atoms. The lowest BCUT2D eigenvalue weighted by molar-refractivity contribution is 0.338. The second-order valence-corrected chi connectivity index (χ2v) is 6.05. The number of hydrogen-bond donors (Lipinski definition) is 1. The van der Waals surface area contributed by atoms with E-state index >= 15 is 0 Å². The van der Waals surface area contributed by atoms with Crippen molar-refractivity contribution in [3.05, 3.63) is 48.0 Å². The van der Waals surface area contributed by atoms with Gasteiger partial charge in [0.15, 0.2) is 0 Å². The second-order valence-electron chi connectivity index (χ2n) is 6.05. The fourth-order valence-electron chi connectivity index (χ4n) is 2.06. The van der Waals surface area contributed by atoms with Crippen molar-refractivity contribution in [3.8, 4) is 17.2 Å². The highest BCUT2D eigenvalue weighted by atomic mass is 16.5. The summed E-state index contributed by atoms with van der Waals surface area (Å²) in [6, 6.07) is 13.6. The summed E-state index contributed by atoms with van der Waals surface area (Å²) in [5.74, 6) is 2.19. The van der Waals surface area contributed by atoms with E-state index in [0.717, 1.165) is 11.5 Å². The van der Waals surface area contributed by atoms with Crippen LogP contribution in [-0.2, 0) is 5.41 Å². The predicted octanol–water partition coefficient (Wildman–Crippen LogP) is 4.76. The third-order valence-electron chi connectivity index (χ3n) is 3.17. The zero-order chi connectivity index (χ0) is 15.5. The van der Waals surface area contributed by atoms with Crippen molar-refractivity contribution in [2.24, 2.45) is 0 Å². The molecule has 0 fully saturated rings. The normalized spacial score (nSPS) is 11.2. The van der Waals surface area contributed by atoms with Crippen molar-refractivity contribution < 1.29 is 9.47 Å². The molecule has 0 radical (unpaired) electrons. The molecule has 0 amide bonds. The van der Waals surface area contributed by atoms with E-state index in [2.05, 4.69) is 32.9 Å². The van der Waals surface area contributed by atoms with Crippen LogP contribution in [0.4, 0.5) is 5.69 Å². The van der Waals surface area contributed by atoms with Crippen LogP contribution < -0.4 is 15.2 Å². The molecule has 0 heterocycles. The summed E-state index contributed by atoms with van der Waals surface area (Å²) in [5, 5.41) is 0. The van der Waals surface area contributed by atoms with Crippen molar-refractivity contribution in [2.45, 2.75) is 33.1 Å². The molecule has 3 nitrogen and oxygen atoms in total. The molecule has 2 aromatic carbocycles. The summed E-state index contributed by atoms with van der Waals surface area (Å²) in [4.78, 5) is 0. The Kier molecular flexibility index (Phi) is 4.41. The number of hydrogen-bond acceptors (Lipinski definition) is 3. The van der Waals surface area contributed by atoms with Gasteiger partial charge in [-0.3, -0.25) is 0 Å². The van der Waals surface area contributed by atoms with Crippen LogP contribution in [0, 0.1) is 0 Å². The minimum Gasteiger partial charge on any atom is -0.494 e. The number of nitrogens with two attached hydrogens (primary N) is 1. The first kappa shape index (κ1) is 15.2. The van der Waals surface area contributed by atoms with E-state index < -0.39 is 0 Å². The Morgan fingerprint density at radius 2 is 1.52 bits per heavy atom. The summed E-state index contributed by atoms with van der Waals surface area (Å²) in [6.07, 6.45) is 0. The van der Waals surface area contributed by atoms with Crippen molar-refractivity contribution in [3.63, 3.8) is 0 Å². The summed E-state index contributed by atoms with van der Waals surface area (Å²) >= 11 is 0. The molecule has 2 N–H and O–H groups in total. The van der Waals surface area contributed by atoms with Gasteiger partial charge in [0.25, 0.3) is 0 Å². The zero-order valence-electron chi connectivity index (χ0n) is 13.1. The Hall–Kier alpha value is -2.16. The number of benzene rings is 2. The molecular formula is C18H23NO2. The molecule has 2 aromatic rings. The Morgan fingerprint density at radius 3 is 2.10 bits per heavy atom. The Morgan fingerprint density at radius 1 is 0.905 bits per heavy atom. The van der Waals surface area contributed by atoms with E-state index in [1.165, 1.54) is 5.56 Å². The molecule has 0 unspecified atom stereocenters. The van der Waals surface area contributed by atoms with Crippen LogP contribution in [0.3, 0.4) is 0 Å². The molecule has 0 saturated heterocycles. The first-order valence-electron chi connectivity index (χ1n) is 7.20. The van der Waals surface area contributed by atoms with Gasteiger partial charge in [-0.2, -0.15) is 0 Å². The number of nitrogen functional groups attached to an aromatic ring is 1. The lowest BCUT2D eigenvalue weighted by Crippen LogP contribution is -2.10. The van der Waals surface area contributed by atoms with E-state index in [4.69, 9.17) is 15.2 Å². The molecular weight excluding hydrogens is 262 g/mol. The topological polar surface area (TPSA) is 44.5 Å². The summed E-state index contributed by atoms with van der Waals surface area (Å²) in [6.45, 7) is 9.11. The van der Waals surface area contributed by atoms with E-state index in [-0.39, 0.29) is 5.41 Å². The van der Waals surface area contributed by atoms with Gasteiger partial charge in [0, 0.05) is 23.9 Å². The van der Waals surface area contributed by atoms with Crippen molar-refractivity contribution in [2.75, 3.05) is 12.3 Å². The number of anilines is 1. The first-order valence-corrected chi connectivity index (χ1v) is 7.20. The van der Waals surface area contributed by atoms with Crippen molar-refractivity contribution in [1.82, 2.24) is 0 Å². The van der Waals surface area contributed by atoms with Crippen LogP contribution in [0.5, 0.6) is 17.2 Å². The first-order chi connectivity index (χ1) is 9.88. The van der Waals surface area contributed by atoms with Crippen LogP contribution in [0.25, 0.3) is 0 Å². The highest BCUT2D eigenvalue weighted by molar-refractivity contribution is 5.51. The lowest BCUT2D eigenvalue weighted by Gasteiger charge is -2.19. The van der Waals surface area contributed by atoms with Gasteiger partial charge in [0.05, 0.1) is 6.61 Å². The zero-order valence-corrected chi connectivity index (χ0v) is 13.1. The van der Waals surface area contributed by atoms with Crippen LogP contribution in [0.1, 0.15) is 33.3 Å². The molecule has 3 heteroatoms. The minimum absolute atomic E-state index is 0.137. The molecule has 0 aliphatic rings. The SMILES string of the molecule is CCOc1cc(N)cc(Oc2ccc(C(C)(C)C)cc2)c1. The average Bonchev–Trinajstić information content (AvgIpc) is 2.38. The lowest BCUT2D eigenvalue weighted by atomic mass is 9.87. The van der Waals surface area contributed by atoms with Gasteiger partial charge in [-0.15, -0.1) is 0 Å². The predicted molar refractivity (Wildman–Crippen MR) is 87.2 cm³/mol. The Labute approximate surface area is 126 Å². The highest BCUT2D eigenvalue weighted by Crippen LogP contribution is 2.30. The largest absolute Gasteiger partial charge is 0.494 e. The van der Waals surface area contributed by atoms with Crippen molar-refractivity contribution in [1.29, 1.82) is 0 Å². The third-order valence-corrected chi connectivity index (χ3v) is 3.17. The maximum absolute atomic E-state index is 5.86. The van der Waals surface area contributed by atoms with Crippen LogP contribution >= 0.6 is 0 Å². The van der Waals surface area contributed by atoms with Crippen molar-refractivity contribution >= 4 is 5.69 Å². The third kappa shape index (κ3) is 4.15. The fraction of sp³-hybridized carbons (Fsp3) is 0.333. The molecule has 0 aromatic heterocycles. The molecule has 0 aliphatic carbocycles. The molecule has 2 rings (SSSR count). The summed E-state index contributed by atoms with van der Waals surface area (Å²) in [5.41, 5.74) is 7.90. The van der Waals surface area contributed by atoms with Gasteiger partial charge in [-0.1, -0.05) is 32.9 Å². The van der Waals surface area contributed by atoms with Gasteiger partial charge in [0.1, 0.15) is 17.2 Å². The monoisotopic (exact) mass is 285 g/mol. The Balaban J connectivity index is 2.18. The fourth-order valence-corrected chi connectivity index (χ4v) is 2.06. The van der Waals surface area contributed by atoms with E-state index in [1.807, 2.05) is 25.1 Å². The molecule has 0 atom stereocenters. The van der Waals surface area contributed by atoms with Gasteiger partial charge < -0.3 is 15.2 Å². The number of rotatable bonds is 4. The molecule has 0 saturated carbocycles. The summed E-state index contributed by atoms with van der Waals surface area (Å²) < 4.78 is 11.3. The number of ether oxygens (including phenoxy) is 2. The molecule has 0 bridgehead atoms. The minimum atomic E-state index is 0.137. The molecule has 21 heavy (non-hydrogen) atoms. The molecule has 0 aliphatic heterocycles. The van der Waals surface area contributed by atoms with Gasteiger partial charge in [0.2, 0.25) is 0 Å². The maximum Gasteiger partial charge on any atom is 0.133 e. The van der Waals surface area contributed by atoms with Gasteiger partial charge >= 0.3 is 0 Å². The van der Waals surface area contributed by atoms with Crippen LogP contribution in [0.15, 0.2) is 42.5 Å². The summed E-state index contributed by atoms with van der Waals surface area (Å²) in [7, 11) is 0. The standard InChI is InChI=1S/C18H23NO2/c1-5-20-16-10-14(19)11-17(12-16)21-15-8-6-13(7-9-15)18(2,3)4/h6-12H,5,19H2,1-4H3. The quantitative estimate of drug-likeness (QED) is 0.824. The van der Waals surface area contributed by atoms with Crippen LogP contribution in [-0.4, -0.2) is 6.61 Å². The Bertz CT molecular complexity index is 598. The van der Waals surface area contributed by atoms with E-state index in [1.54, 1.807) is 12.1 Å².